The van der Waals surface area contributed by atoms with Crippen LogP contribution < -0.4 is 0 Å². The zero-order valence-corrected chi connectivity index (χ0v) is 13.0. The summed E-state index contributed by atoms with van der Waals surface area (Å²) < 4.78 is 1.50. The second-order valence-electron chi connectivity index (χ2n) is 4.90. The van der Waals surface area contributed by atoms with E-state index in [9.17, 15) is 9.79 Å². The van der Waals surface area contributed by atoms with Crippen LogP contribution in [0.4, 0.5) is 0 Å². The van der Waals surface area contributed by atoms with Gasteiger partial charge in [-0.25, -0.2) is 14.8 Å². The molecule has 0 aromatic rings. The van der Waals surface area contributed by atoms with E-state index in [2.05, 4.69) is 0 Å². The van der Waals surface area contributed by atoms with Gasteiger partial charge in [0.25, 0.3) is 0 Å². The molecule has 0 aliphatic heterocycles. The molecule has 0 amide bonds. The Hall–Kier alpha value is -0.750. The van der Waals surface area contributed by atoms with Crippen LogP contribution in [0.2, 0.25) is 0 Å². The van der Waals surface area contributed by atoms with Crippen molar-refractivity contribution < 1.29 is 9.79 Å². The minimum Gasteiger partial charge on any atom is -0.201 e. The maximum absolute atomic E-state index is 10.3. The lowest BCUT2D eigenvalue weighted by Crippen LogP contribution is -2.50. The zero-order valence-electron chi connectivity index (χ0n) is 12.1. The highest BCUT2D eigenvalue weighted by Gasteiger charge is 2.46. The lowest BCUT2D eigenvalue weighted by molar-refractivity contribution is -0.0203. The smallest absolute Gasteiger partial charge is 0.201 e. The number of nitrogens with zero attached hydrogens (tertiary/aromatic N) is 4. The molecular formula is C12H24N4O2P+. The molecule has 0 fully saturated rings. The quantitative estimate of drug-likeness (QED) is 0.523. The molecule has 0 radical (unpaired) electrons. The van der Waals surface area contributed by atoms with E-state index in [0.29, 0.717) is 0 Å². The number of hydrazine groups is 1. The van der Waals surface area contributed by atoms with Gasteiger partial charge in [0, 0.05) is 12.1 Å². The van der Waals surface area contributed by atoms with Crippen LogP contribution in [0.3, 0.4) is 0 Å². The Morgan fingerprint density at radius 1 is 1.00 bits per heavy atom. The van der Waals surface area contributed by atoms with Crippen LogP contribution in [-0.2, 0) is 0 Å². The molecule has 7 heteroatoms. The third-order valence-electron chi connectivity index (χ3n) is 2.64. The summed E-state index contributed by atoms with van der Waals surface area (Å²) in [6.07, 6.45) is 0.337. The van der Waals surface area contributed by atoms with Crippen molar-refractivity contribution in [1.29, 1.82) is 10.5 Å². The van der Waals surface area contributed by atoms with Crippen LogP contribution >= 0.6 is 7.87 Å². The van der Waals surface area contributed by atoms with Crippen molar-refractivity contribution in [2.75, 3.05) is 12.7 Å². The van der Waals surface area contributed by atoms with Crippen molar-refractivity contribution in [2.45, 2.75) is 52.6 Å². The summed E-state index contributed by atoms with van der Waals surface area (Å²) in [5.41, 5.74) is 0. The number of nitriles is 2. The predicted octanol–water partition coefficient (Wildman–Crippen LogP) is 1.90. The van der Waals surface area contributed by atoms with Gasteiger partial charge in [-0.15, -0.1) is 0 Å². The first kappa shape index (κ1) is 18.2. The van der Waals surface area contributed by atoms with E-state index in [1.54, 1.807) is 0 Å². The Bertz CT molecular complexity index is 339. The molecule has 0 heterocycles. The molecular weight excluding hydrogens is 263 g/mol. The summed E-state index contributed by atoms with van der Waals surface area (Å²) in [5, 5.41) is 19.2. The summed E-state index contributed by atoms with van der Waals surface area (Å²) in [7, 11) is -3.38. The molecule has 0 spiro atoms. The molecule has 0 aliphatic carbocycles. The van der Waals surface area contributed by atoms with E-state index < -0.39 is 7.87 Å². The second kappa shape index (κ2) is 8.43. The molecule has 0 atom stereocenters. The molecule has 0 aliphatic rings. The van der Waals surface area contributed by atoms with Crippen molar-refractivity contribution in [3.63, 3.8) is 0 Å². The Labute approximate surface area is 116 Å². The van der Waals surface area contributed by atoms with Crippen LogP contribution in [0.15, 0.2) is 0 Å². The van der Waals surface area contributed by atoms with Gasteiger partial charge in [-0.2, -0.15) is 10.5 Å². The maximum atomic E-state index is 10.3. The van der Waals surface area contributed by atoms with Crippen LogP contribution in [0.5, 0.6) is 0 Å². The van der Waals surface area contributed by atoms with Gasteiger partial charge >= 0.3 is 7.87 Å². The van der Waals surface area contributed by atoms with Gasteiger partial charge in [0.1, 0.15) is 6.16 Å². The molecule has 19 heavy (non-hydrogen) atoms. The maximum Gasteiger partial charge on any atom is 0.358 e. The van der Waals surface area contributed by atoms with Gasteiger partial charge in [-0.05, 0) is 27.7 Å². The van der Waals surface area contributed by atoms with Crippen molar-refractivity contribution in [3.8, 4) is 12.1 Å². The molecule has 6 nitrogen and oxygen atoms in total. The fourth-order valence-corrected chi connectivity index (χ4v) is 3.83. The van der Waals surface area contributed by atoms with Gasteiger partial charge in [0.2, 0.25) is 0 Å². The lowest BCUT2D eigenvalue weighted by Gasteiger charge is -2.39. The topological polar surface area (TPSA) is 94.5 Å². The van der Waals surface area contributed by atoms with Gasteiger partial charge < -0.3 is 0 Å². The highest BCUT2D eigenvalue weighted by molar-refractivity contribution is 7.62. The minimum absolute atomic E-state index is 0.0326. The zero-order chi connectivity index (χ0) is 15.1. The van der Waals surface area contributed by atoms with E-state index in [-0.39, 0.29) is 37.6 Å². The highest BCUT2D eigenvalue weighted by atomic mass is 31.2. The Balaban J connectivity index is 5.17. The third kappa shape index (κ3) is 5.82. The van der Waals surface area contributed by atoms with Gasteiger partial charge in [0.05, 0.1) is 31.5 Å². The van der Waals surface area contributed by atoms with Crippen molar-refractivity contribution in [2.24, 2.45) is 0 Å². The van der Waals surface area contributed by atoms with E-state index in [4.69, 9.17) is 10.5 Å². The largest absolute Gasteiger partial charge is 0.358 e. The summed E-state index contributed by atoms with van der Waals surface area (Å²) in [4.78, 5) is 20.6. The van der Waals surface area contributed by atoms with Crippen molar-refractivity contribution >= 4 is 7.87 Å². The van der Waals surface area contributed by atoms with Gasteiger partial charge in [0.15, 0.2) is 0 Å². The SMILES string of the molecule is CC(C)N(C(C)C)N(CCC#N)[P+](O)(O)CCC#N. The molecule has 0 aromatic heterocycles. The van der Waals surface area contributed by atoms with Crippen molar-refractivity contribution in [1.82, 2.24) is 9.79 Å². The first-order chi connectivity index (χ1) is 8.77. The van der Waals surface area contributed by atoms with Gasteiger partial charge in [-0.1, -0.05) is 4.78 Å². The number of hydrogen-bond acceptors (Lipinski definition) is 6. The van der Waals surface area contributed by atoms with E-state index in [1.165, 1.54) is 4.78 Å². The number of rotatable bonds is 8. The fourth-order valence-electron chi connectivity index (χ4n) is 2.04. The molecule has 0 unspecified atom stereocenters. The molecule has 108 valence electrons. The summed E-state index contributed by atoms with van der Waals surface area (Å²) in [6, 6.07) is 4.12. The first-order valence-corrected chi connectivity index (χ1v) is 8.25. The minimum atomic E-state index is -3.38. The second-order valence-corrected chi connectivity index (χ2v) is 7.19. The third-order valence-corrected chi connectivity index (χ3v) is 4.61. The van der Waals surface area contributed by atoms with Crippen molar-refractivity contribution in [3.05, 3.63) is 0 Å². The first-order valence-electron chi connectivity index (χ1n) is 6.41. The molecule has 0 saturated heterocycles. The Morgan fingerprint density at radius 3 is 1.84 bits per heavy atom. The predicted molar refractivity (Wildman–Crippen MR) is 75.5 cm³/mol. The monoisotopic (exact) mass is 287 g/mol. The molecule has 2 N–H and O–H groups in total. The lowest BCUT2D eigenvalue weighted by atomic mass is 10.3. The summed E-state index contributed by atoms with van der Waals surface area (Å²) in [6.45, 7) is 8.11. The average Bonchev–Trinajstić information content (AvgIpc) is 2.30. The number of hydrogen-bond donors (Lipinski definition) is 2. The van der Waals surface area contributed by atoms with E-state index in [0.717, 1.165) is 0 Å². The van der Waals surface area contributed by atoms with Crippen LogP contribution in [0.1, 0.15) is 40.5 Å². The summed E-state index contributed by atoms with van der Waals surface area (Å²) in [5.74, 6) is 0. The Morgan fingerprint density at radius 2 is 1.47 bits per heavy atom. The molecule has 0 bridgehead atoms. The Kier molecular flexibility index (Phi) is 8.09. The standard InChI is InChI=1S/C12H24N4O2P/c1-11(2)16(12(3)4)15(9-5-7-13)19(17,18)10-6-8-14/h11-12,17-18H,5-6,9-10H2,1-4H3/q+1. The van der Waals surface area contributed by atoms with Crippen LogP contribution in [0, 0.1) is 22.7 Å². The van der Waals surface area contributed by atoms with E-state index >= 15 is 0 Å². The molecule has 0 saturated carbocycles. The van der Waals surface area contributed by atoms with Crippen LogP contribution in [-0.4, -0.2) is 44.4 Å². The molecule has 0 aromatic carbocycles. The molecule has 0 rings (SSSR count). The van der Waals surface area contributed by atoms with Gasteiger partial charge in [-0.3, -0.25) is 0 Å². The van der Waals surface area contributed by atoms with E-state index in [1.807, 2.05) is 44.8 Å². The normalized spacial score (nSPS) is 12.2. The van der Waals surface area contributed by atoms with Crippen LogP contribution in [0.25, 0.3) is 0 Å². The summed E-state index contributed by atoms with van der Waals surface area (Å²) >= 11 is 0. The average molecular weight is 287 g/mol. The highest BCUT2D eigenvalue weighted by Crippen LogP contribution is 2.55. The fraction of sp³-hybridized carbons (Fsp3) is 0.833.